The predicted octanol–water partition coefficient (Wildman–Crippen LogP) is 1.68. The normalized spacial score (nSPS) is 44.9. The second-order valence-electron chi connectivity index (χ2n) is 6.28. The summed E-state index contributed by atoms with van der Waals surface area (Å²) in [6, 6.07) is 0.845. The quantitative estimate of drug-likeness (QED) is 0.766. The zero-order valence-electron chi connectivity index (χ0n) is 10.7. The highest BCUT2D eigenvalue weighted by Gasteiger charge is 2.41. The first kappa shape index (κ1) is 11.5. The van der Waals surface area contributed by atoms with Crippen LogP contribution in [0.5, 0.6) is 0 Å². The molecule has 1 saturated heterocycles. The SMILES string of the molecule is CC1NCCCC1C(=O)NC1CC2CCC1C2. The fraction of sp³-hybridized carbons (Fsp3) is 0.929. The first-order valence-electron chi connectivity index (χ1n) is 7.28. The van der Waals surface area contributed by atoms with Gasteiger partial charge in [0.15, 0.2) is 0 Å². The van der Waals surface area contributed by atoms with E-state index >= 15 is 0 Å². The zero-order chi connectivity index (χ0) is 11.8. The van der Waals surface area contributed by atoms with E-state index in [1.165, 1.54) is 25.7 Å². The van der Waals surface area contributed by atoms with Crippen LogP contribution in [-0.4, -0.2) is 24.5 Å². The molecule has 0 spiro atoms. The van der Waals surface area contributed by atoms with Crippen molar-refractivity contribution in [1.29, 1.82) is 0 Å². The van der Waals surface area contributed by atoms with E-state index in [0.717, 1.165) is 31.2 Å². The highest BCUT2D eigenvalue weighted by molar-refractivity contribution is 5.79. The first-order chi connectivity index (χ1) is 8.24. The maximum atomic E-state index is 12.3. The highest BCUT2D eigenvalue weighted by atomic mass is 16.2. The standard InChI is InChI=1S/C14H24N2O/c1-9-12(3-2-6-15-9)14(17)16-13-8-10-4-5-11(13)7-10/h9-13,15H,2-8H2,1H3,(H,16,17). The van der Waals surface area contributed by atoms with Crippen LogP contribution in [0, 0.1) is 17.8 Å². The lowest BCUT2D eigenvalue weighted by Crippen LogP contribution is -2.50. The number of hydrogen-bond acceptors (Lipinski definition) is 2. The Bertz CT molecular complexity index is 305. The van der Waals surface area contributed by atoms with Gasteiger partial charge in [0.05, 0.1) is 5.92 Å². The fourth-order valence-corrected chi connectivity index (χ4v) is 4.11. The van der Waals surface area contributed by atoms with Gasteiger partial charge in [-0.2, -0.15) is 0 Å². The van der Waals surface area contributed by atoms with Crippen molar-refractivity contribution in [2.45, 2.75) is 57.5 Å². The molecule has 3 nitrogen and oxygen atoms in total. The maximum absolute atomic E-state index is 12.3. The Balaban J connectivity index is 1.56. The molecule has 5 unspecified atom stereocenters. The van der Waals surface area contributed by atoms with Gasteiger partial charge < -0.3 is 10.6 Å². The summed E-state index contributed by atoms with van der Waals surface area (Å²) < 4.78 is 0. The minimum atomic E-state index is 0.197. The number of hydrogen-bond donors (Lipinski definition) is 2. The van der Waals surface area contributed by atoms with E-state index in [0.29, 0.717) is 18.0 Å². The third-order valence-electron chi connectivity index (χ3n) is 5.16. The Morgan fingerprint density at radius 1 is 1.24 bits per heavy atom. The number of nitrogens with one attached hydrogen (secondary N) is 2. The Hall–Kier alpha value is -0.570. The molecule has 0 aromatic carbocycles. The van der Waals surface area contributed by atoms with Crippen molar-refractivity contribution >= 4 is 5.91 Å². The van der Waals surface area contributed by atoms with Gasteiger partial charge in [0, 0.05) is 12.1 Å². The van der Waals surface area contributed by atoms with E-state index in [4.69, 9.17) is 0 Å². The highest BCUT2D eigenvalue weighted by Crippen LogP contribution is 2.44. The first-order valence-corrected chi connectivity index (χ1v) is 7.28. The van der Waals surface area contributed by atoms with Gasteiger partial charge in [-0.1, -0.05) is 6.42 Å². The smallest absolute Gasteiger partial charge is 0.224 e. The van der Waals surface area contributed by atoms with E-state index in [2.05, 4.69) is 17.6 Å². The molecule has 0 aromatic rings. The number of carbonyl (C=O) groups excluding carboxylic acids is 1. The zero-order valence-corrected chi connectivity index (χ0v) is 10.7. The Labute approximate surface area is 104 Å². The predicted molar refractivity (Wildman–Crippen MR) is 67.6 cm³/mol. The number of carbonyl (C=O) groups is 1. The number of fused-ring (bicyclic) bond motifs is 2. The summed E-state index contributed by atoms with van der Waals surface area (Å²) in [6.07, 6.45) is 7.54. The van der Waals surface area contributed by atoms with Crippen molar-refractivity contribution in [2.75, 3.05) is 6.54 Å². The van der Waals surface area contributed by atoms with E-state index in [1.54, 1.807) is 0 Å². The lowest BCUT2D eigenvalue weighted by molar-refractivity contribution is -0.127. The third-order valence-corrected chi connectivity index (χ3v) is 5.16. The Kier molecular flexibility index (Phi) is 3.12. The Morgan fingerprint density at radius 3 is 2.76 bits per heavy atom. The monoisotopic (exact) mass is 236 g/mol. The summed E-state index contributed by atoms with van der Waals surface area (Å²) in [5.74, 6) is 2.20. The summed E-state index contributed by atoms with van der Waals surface area (Å²) in [4.78, 5) is 12.3. The molecule has 3 fully saturated rings. The van der Waals surface area contributed by atoms with Crippen LogP contribution in [0.15, 0.2) is 0 Å². The lowest BCUT2D eigenvalue weighted by atomic mass is 9.89. The van der Waals surface area contributed by atoms with Crippen LogP contribution in [-0.2, 0) is 4.79 Å². The molecule has 2 bridgehead atoms. The summed E-state index contributed by atoms with van der Waals surface area (Å²) in [7, 11) is 0. The second-order valence-corrected chi connectivity index (χ2v) is 6.28. The minimum absolute atomic E-state index is 0.197. The molecular weight excluding hydrogens is 212 g/mol. The van der Waals surface area contributed by atoms with Crippen molar-refractivity contribution in [3.63, 3.8) is 0 Å². The summed E-state index contributed by atoms with van der Waals surface area (Å²) in [6.45, 7) is 3.21. The molecule has 3 heteroatoms. The van der Waals surface area contributed by atoms with Crippen molar-refractivity contribution in [2.24, 2.45) is 17.8 Å². The minimum Gasteiger partial charge on any atom is -0.353 e. The van der Waals surface area contributed by atoms with Gasteiger partial charge in [0.1, 0.15) is 0 Å². The third kappa shape index (κ3) is 2.22. The number of rotatable bonds is 2. The molecule has 2 aliphatic carbocycles. The van der Waals surface area contributed by atoms with Gasteiger partial charge >= 0.3 is 0 Å². The lowest BCUT2D eigenvalue weighted by Gasteiger charge is -2.31. The molecule has 2 N–H and O–H groups in total. The van der Waals surface area contributed by atoms with Gasteiger partial charge in [-0.05, 0) is 57.4 Å². The maximum Gasteiger partial charge on any atom is 0.224 e. The second kappa shape index (κ2) is 4.60. The average molecular weight is 236 g/mol. The average Bonchev–Trinajstić information content (AvgIpc) is 2.91. The molecule has 17 heavy (non-hydrogen) atoms. The van der Waals surface area contributed by atoms with Gasteiger partial charge in [0.2, 0.25) is 5.91 Å². The van der Waals surface area contributed by atoms with Crippen LogP contribution >= 0.6 is 0 Å². The Morgan fingerprint density at radius 2 is 2.12 bits per heavy atom. The molecule has 1 heterocycles. The molecule has 3 rings (SSSR count). The van der Waals surface area contributed by atoms with Crippen molar-refractivity contribution in [3.8, 4) is 0 Å². The topological polar surface area (TPSA) is 41.1 Å². The van der Waals surface area contributed by atoms with E-state index in [-0.39, 0.29) is 5.92 Å². The van der Waals surface area contributed by atoms with Gasteiger partial charge in [-0.25, -0.2) is 0 Å². The van der Waals surface area contributed by atoms with Crippen molar-refractivity contribution in [3.05, 3.63) is 0 Å². The number of piperidine rings is 1. The molecule has 2 saturated carbocycles. The van der Waals surface area contributed by atoms with E-state index in [9.17, 15) is 4.79 Å². The summed E-state index contributed by atoms with van der Waals surface area (Å²) in [5.41, 5.74) is 0. The molecular formula is C14H24N2O. The molecule has 3 aliphatic rings. The van der Waals surface area contributed by atoms with Crippen LogP contribution in [0.3, 0.4) is 0 Å². The molecule has 0 aromatic heterocycles. The molecule has 1 aliphatic heterocycles. The van der Waals surface area contributed by atoms with Crippen LogP contribution in [0.1, 0.15) is 45.4 Å². The van der Waals surface area contributed by atoms with Crippen molar-refractivity contribution < 1.29 is 4.79 Å². The van der Waals surface area contributed by atoms with Crippen LogP contribution in [0.25, 0.3) is 0 Å². The molecule has 5 atom stereocenters. The van der Waals surface area contributed by atoms with Gasteiger partial charge in [-0.15, -0.1) is 0 Å². The summed E-state index contributed by atoms with van der Waals surface area (Å²) in [5, 5.41) is 6.74. The molecule has 1 amide bonds. The van der Waals surface area contributed by atoms with Crippen molar-refractivity contribution in [1.82, 2.24) is 10.6 Å². The summed E-state index contributed by atoms with van der Waals surface area (Å²) >= 11 is 0. The van der Waals surface area contributed by atoms with Crippen LogP contribution in [0.4, 0.5) is 0 Å². The van der Waals surface area contributed by atoms with E-state index in [1.807, 2.05) is 0 Å². The van der Waals surface area contributed by atoms with Gasteiger partial charge in [0.25, 0.3) is 0 Å². The van der Waals surface area contributed by atoms with Crippen LogP contribution < -0.4 is 10.6 Å². The number of amides is 1. The molecule has 0 radical (unpaired) electrons. The van der Waals surface area contributed by atoms with Gasteiger partial charge in [-0.3, -0.25) is 4.79 Å². The fourth-order valence-electron chi connectivity index (χ4n) is 4.11. The van der Waals surface area contributed by atoms with E-state index < -0.39 is 0 Å². The van der Waals surface area contributed by atoms with Crippen LogP contribution in [0.2, 0.25) is 0 Å². The molecule has 96 valence electrons. The largest absolute Gasteiger partial charge is 0.353 e.